The molecule has 0 aromatic rings. The van der Waals surface area contributed by atoms with Gasteiger partial charge in [0.25, 0.3) is 0 Å². The summed E-state index contributed by atoms with van der Waals surface area (Å²) < 4.78 is 5.75. The summed E-state index contributed by atoms with van der Waals surface area (Å²) in [7, 11) is 0. The van der Waals surface area contributed by atoms with E-state index in [1.807, 2.05) is 0 Å². The summed E-state index contributed by atoms with van der Waals surface area (Å²) in [5.74, 6) is 2.27. The van der Waals surface area contributed by atoms with E-state index in [0.717, 1.165) is 89.8 Å². The van der Waals surface area contributed by atoms with Gasteiger partial charge in [0.1, 0.15) is 5.76 Å². The van der Waals surface area contributed by atoms with Gasteiger partial charge in [0, 0.05) is 51.5 Å². The first-order valence-corrected chi connectivity index (χ1v) is 14.4. The summed E-state index contributed by atoms with van der Waals surface area (Å²) in [5, 5.41) is 0. The van der Waals surface area contributed by atoms with E-state index in [1.165, 1.54) is 10.5 Å². The van der Waals surface area contributed by atoms with Gasteiger partial charge in [0.2, 0.25) is 17.7 Å². The van der Waals surface area contributed by atoms with Crippen molar-refractivity contribution < 1.29 is 19.1 Å². The SMILES string of the molecule is CCCCN(CCCC)C(=O)CN1C[C@H]([C@H]2C=C3CCOC3=CC2)C[C@@H]1CCCN1C(=O)CCC1=O. The van der Waals surface area contributed by atoms with Crippen LogP contribution in [-0.4, -0.2) is 77.8 Å². The van der Waals surface area contributed by atoms with Crippen LogP contribution < -0.4 is 0 Å². The smallest absolute Gasteiger partial charge is 0.236 e. The average Bonchev–Trinajstić information content (AvgIpc) is 3.59. The highest BCUT2D eigenvalue weighted by Gasteiger charge is 2.38. The fourth-order valence-corrected chi connectivity index (χ4v) is 6.26. The van der Waals surface area contributed by atoms with Crippen LogP contribution in [0.4, 0.5) is 0 Å². The van der Waals surface area contributed by atoms with E-state index >= 15 is 0 Å². The van der Waals surface area contributed by atoms with Crippen LogP contribution in [0.3, 0.4) is 0 Å². The Kier molecular flexibility index (Phi) is 9.63. The fraction of sp³-hybridized carbons (Fsp3) is 0.759. The number of carbonyl (C=O) groups excluding carboxylic acids is 3. The van der Waals surface area contributed by atoms with Gasteiger partial charge in [-0.3, -0.25) is 24.2 Å². The molecule has 0 saturated carbocycles. The molecule has 3 saturated heterocycles. The normalized spacial score (nSPS) is 26.2. The predicted octanol–water partition coefficient (Wildman–Crippen LogP) is 4.29. The van der Waals surface area contributed by atoms with Gasteiger partial charge in [-0.1, -0.05) is 32.8 Å². The summed E-state index contributed by atoms with van der Waals surface area (Å²) in [6, 6.07) is 0.314. The lowest BCUT2D eigenvalue weighted by Crippen LogP contribution is -2.43. The molecular formula is C29H45N3O4. The van der Waals surface area contributed by atoms with E-state index < -0.39 is 0 Å². The lowest BCUT2D eigenvalue weighted by atomic mass is 9.82. The van der Waals surface area contributed by atoms with Gasteiger partial charge < -0.3 is 9.64 Å². The van der Waals surface area contributed by atoms with Gasteiger partial charge in [0.15, 0.2) is 0 Å². The molecule has 4 rings (SSSR count). The van der Waals surface area contributed by atoms with Gasteiger partial charge in [-0.05, 0) is 62.0 Å². The van der Waals surface area contributed by atoms with Crippen LogP contribution >= 0.6 is 0 Å². The van der Waals surface area contributed by atoms with Crippen LogP contribution in [0.5, 0.6) is 0 Å². The zero-order valence-corrected chi connectivity index (χ0v) is 22.4. The first-order chi connectivity index (χ1) is 17.5. The van der Waals surface area contributed by atoms with Crippen molar-refractivity contribution in [2.75, 3.05) is 39.3 Å². The number of hydrogen-bond acceptors (Lipinski definition) is 5. The van der Waals surface area contributed by atoms with E-state index in [0.29, 0.717) is 43.8 Å². The van der Waals surface area contributed by atoms with E-state index in [1.54, 1.807) is 0 Å². The van der Waals surface area contributed by atoms with Crippen molar-refractivity contribution in [3.63, 3.8) is 0 Å². The zero-order valence-electron chi connectivity index (χ0n) is 22.4. The molecule has 7 nitrogen and oxygen atoms in total. The van der Waals surface area contributed by atoms with Gasteiger partial charge in [-0.2, -0.15) is 0 Å². The Morgan fingerprint density at radius 1 is 1.06 bits per heavy atom. The van der Waals surface area contributed by atoms with Crippen LogP contribution in [-0.2, 0) is 19.1 Å². The third kappa shape index (κ3) is 6.58. The molecule has 0 N–H and O–H groups in total. The molecule has 36 heavy (non-hydrogen) atoms. The number of likely N-dealkylation sites (tertiary alicyclic amines) is 2. The van der Waals surface area contributed by atoms with Crippen molar-refractivity contribution in [1.29, 1.82) is 0 Å². The number of fused-ring (bicyclic) bond motifs is 1. The minimum atomic E-state index is -0.0333. The number of imide groups is 1. The topological polar surface area (TPSA) is 70.2 Å². The Morgan fingerprint density at radius 2 is 1.78 bits per heavy atom. The molecule has 4 aliphatic rings. The molecule has 0 aromatic carbocycles. The van der Waals surface area contributed by atoms with Crippen LogP contribution in [0, 0.1) is 11.8 Å². The first-order valence-electron chi connectivity index (χ1n) is 14.4. The maximum absolute atomic E-state index is 13.4. The molecule has 3 fully saturated rings. The molecule has 0 bridgehead atoms. The third-order valence-corrected chi connectivity index (χ3v) is 8.43. The molecule has 7 heteroatoms. The number of allylic oxidation sites excluding steroid dienone is 3. The molecule has 3 aliphatic heterocycles. The summed E-state index contributed by atoms with van der Waals surface area (Å²) in [6.45, 7) is 8.75. The number of rotatable bonds is 13. The number of ether oxygens (including phenoxy) is 1. The van der Waals surface area contributed by atoms with Crippen molar-refractivity contribution in [3.05, 3.63) is 23.5 Å². The first kappa shape index (κ1) is 26.9. The minimum Gasteiger partial charge on any atom is -0.493 e. The number of unbranched alkanes of at least 4 members (excludes halogenated alkanes) is 2. The van der Waals surface area contributed by atoms with E-state index in [9.17, 15) is 14.4 Å². The summed E-state index contributed by atoms with van der Waals surface area (Å²) in [6.07, 6.45) is 14.5. The Balaban J connectivity index is 1.40. The quantitative estimate of drug-likeness (QED) is 0.354. The lowest BCUT2D eigenvalue weighted by molar-refractivity contribution is -0.138. The highest BCUT2D eigenvalue weighted by Crippen LogP contribution is 2.39. The number of nitrogens with zero attached hydrogens (tertiary/aromatic N) is 3. The zero-order chi connectivity index (χ0) is 25.5. The standard InChI is InChI=1S/C29H45N3O4/c1-3-5-14-30(15-6-4-2)29(35)21-31-20-24(22-9-10-26-23(18-22)13-17-36-26)19-25(31)8-7-16-32-27(33)11-12-28(32)34/h10,18,22,24-25H,3-9,11-17,19-21H2,1-2H3/t22-,24-,25+/m1/s1. The Labute approximate surface area is 216 Å². The molecule has 200 valence electrons. The molecule has 3 atom stereocenters. The van der Waals surface area contributed by atoms with Crippen molar-refractivity contribution in [2.45, 2.75) is 90.5 Å². The molecule has 3 heterocycles. The van der Waals surface area contributed by atoms with Crippen molar-refractivity contribution in [2.24, 2.45) is 11.8 Å². The summed E-state index contributed by atoms with van der Waals surface area (Å²) in [4.78, 5) is 43.4. The van der Waals surface area contributed by atoms with Gasteiger partial charge >= 0.3 is 0 Å². The maximum atomic E-state index is 13.4. The summed E-state index contributed by atoms with van der Waals surface area (Å²) in [5.41, 5.74) is 1.36. The van der Waals surface area contributed by atoms with Gasteiger partial charge in [-0.25, -0.2) is 0 Å². The van der Waals surface area contributed by atoms with Crippen molar-refractivity contribution >= 4 is 17.7 Å². The Hall–Kier alpha value is -2.15. The Bertz CT molecular complexity index is 843. The van der Waals surface area contributed by atoms with Crippen LogP contribution in [0.2, 0.25) is 0 Å². The number of hydrogen-bond donors (Lipinski definition) is 0. The van der Waals surface area contributed by atoms with Gasteiger partial charge in [-0.15, -0.1) is 0 Å². The summed E-state index contributed by atoms with van der Waals surface area (Å²) >= 11 is 0. The monoisotopic (exact) mass is 499 g/mol. The average molecular weight is 500 g/mol. The number of carbonyl (C=O) groups is 3. The predicted molar refractivity (Wildman–Crippen MR) is 140 cm³/mol. The maximum Gasteiger partial charge on any atom is 0.236 e. The molecule has 1 aliphatic carbocycles. The lowest BCUT2D eigenvalue weighted by Gasteiger charge is -2.29. The van der Waals surface area contributed by atoms with E-state index in [2.05, 4.69) is 35.8 Å². The molecule has 0 radical (unpaired) electrons. The second-order valence-corrected chi connectivity index (χ2v) is 11.0. The third-order valence-electron chi connectivity index (χ3n) is 8.43. The van der Waals surface area contributed by atoms with Crippen LogP contribution in [0.15, 0.2) is 23.5 Å². The van der Waals surface area contributed by atoms with E-state index in [-0.39, 0.29) is 17.7 Å². The Morgan fingerprint density at radius 3 is 2.47 bits per heavy atom. The molecular weight excluding hydrogens is 454 g/mol. The highest BCUT2D eigenvalue weighted by molar-refractivity contribution is 6.01. The van der Waals surface area contributed by atoms with E-state index in [4.69, 9.17) is 4.74 Å². The largest absolute Gasteiger partial charge is 0.493 e. The van der Waals surface area contributed by atoms with Gasteiger partial charge in [0.05, 0.1) is 13.2 Å². The molecule has 0 unspecified atom stereocenters. The molecule has 0 aromatic heterocycles. The van der Waals surface area contributed by atoms with Crippen molar-refractivity contribution in [3.8, 4) is 0 Å². The molecule has 0 spiro atoms. The number of amides is 3. The highest BCUT2D eigenvalue weighted by atomic mass is 16.5. The van der Waals surface area contributed by atoms with Crippen LogP contribution in [0.1, 0.15) is 84.5 Å². The van der Waals surface area contributed by atoms with Crippen molar-refractivity contribution in [1.82, 2.24) is 14.7 Å². The van der Waals surface area contributed by atoms with Crippen LogP contribution in [0.25, 0.3) is 0 Å². The second kappa shape index (κ2) is 12.9. The molecule has 3 amide bonds. The second-order valence-electron chi connectivity index (χ2n) is 11.0. The minimum absolute atomic E-state index is 0.0333. The fourth-order valence-electron chi connectivity index (χ4n) is 6.26.